The van der Waals surface area contributed by atoms with E-state index in [1.165, 1.54) is 0 Å². The number of hydrogen-bond donors (Lipinski definition) is 2. The summed E-state index contributed by atoms with van der Waals surface area (Å²) >= 11 is 6.19. The van der Waals surface area contributed by atoms with E-state index in [0.717, 1.165) is 0 Å². The van der Waals surface area contributed by atoms with Crippen LogP contribution in [-0.2, 0) is 4.79 Å². The molecule has 1 aromatic carbocycles. The number of ether oxygens (including phenoxy) is 2. The molecule has 6 nitrogen and oxygen atoms in total. The normalized spacial score (nSPS) is 14.2. The number of amides is 1. The zero-order valence-corrected chi connectivity index (χ0v) is 13.4. The number of rotatable bonds is 5. The maximum atomic E-state index is 12.0. The number of hydrogen-bond acceptors (Lipinski definition) is 5. The third kappa shape index (κ3) is 3.71. The Morgan fingerprint density at radius 2 is 2.04 bits per heavy atom. The first kappa shape index (κ1) is 15.6. The molecule has 0 saturated carbocycles. The highest BCUT2D eigenvalue weighted by Gasteiger charge is 2.16. The molecule has 0 bridgehead atoms. The molecule has 3 rings (SSSR count). The fourth-order valence-electron chi connectivity index (χ4n) is 2.28. The predicted octanol–water partition coefficient (Wildman–Crippen LogP) is 2.99. The van der Waals surface area contributed by atoms with Crippen molar-refractivity contribution in [1.29, 1.82) is 0 Å². The van der Waals surface area contributed by atoms with E-state index in [-0.39, 0.29) is 18.5 Å². The SMILES string of the molecule is CC(NC(=O)CNc1cc2c(cc1Cl)OCCO2)c1ccco1. The Balaban J connectivity index is 1.58. The minimum Gasteiger partial charge on any atom is -0.486 e. The molecule has 0 aliphatic carbocycles. The average molecular weight is 337 g/mol. The molecule has 2 N–H and O–H groups in total. The third-order valence-electron chi connectivity index (χ3n) is 3.42. The van der Waals surface area contributed by atoms with Crippen molar-refractivity contribution in [2.24, 2.45) is 0 Å². The first-order valence-corrected chi connectivity index (χ1v) is 7.67. The van der Waals surface area contributed by atoms with Crippen LogP contribution >= 0.6 is 11.6 Å². The van der Waals surface area contributed by atoms with Gasteiger partial charge in [0.1, 0.15) is 19.0 Å². The minimum absolute atomic E-state index is 0.0877. The summed E-state index contributed by atoms with van der Waals surface area (Å²) in [6.45, 7) is 2.94. The van der Waals surface area contributed by atoms with Crippen LogP contribution in [0.3, 0.4) is 0 Å². The Hall–Kier alpha value is -2.34. The van der Waals surface area contributed by atoms with Crippen LogP contribution in [0.2, 0.25) is 5.02 Å². The van der Waals surface area contributed by atoms with Gasteiger partial charge in [-0.15, -0.1) is 0 Å². The maximum Gasteiger partial charge on any atom is 0.239 e. The van der Waals surface area contributed by atoms with Crippen LogP contribution in [0.4, 0.5) is 5.69 Å². The molecular weight excluding hydrogens is 320 g/mol. The largest absolute Gasteiger partial charge is 0.486 e. The lowest BCUT2D eigenvalue weighted by Gasteiger charge is -2.20. The van der Waals surface area contributed by atoms with Gasteiger partial charge in [-0.2, -0.15) is 0 Å². The van der Waals surface area contributed by atoms with E-state index >= 15 is 0 Å². The molecule has 1 atom stereocenters. The summed E-state index contributed by atoms with van der Waals surface area (Å²) in [5.74, 6) is 1.77. The fourth-order valence-corrected chi connectivity index (χ4v) is 2.50. The molecule has 0 spiro atoms. The van der Waals surface area contributed by atoms with Crippen LogP contribution in [0, 0.1) is 0 Å². The first-order valence-electron chi connectivity index (χ1n) is 7.29. The molecule has 1 aliphatic rings. The molecule has 122 valence electrons. The molecule has 0 radical (unpaired) electrons. The zero-order valence-electron chi connectivity index (χ0n) is 12.6. The van der Waals surface area contributed by atoms with Crippen LogP contribution in [0.15, 0.2) is 34.9 Å². The topological polar surface area (TPSA) is 72.7 Å². The molecule has 1 aromatic heterocycles. The van der Waals surface area contributed by atoms with Crippen LogP contribution in [0.1, 0.15) is 18.7 Å². The summed E-state index contributed by atoms with van der Waals surface area (Å²) in [6.07, 6.45) is 1.57. The molecule has 2 heterocycles. The van der Waals surface area contributed by atoms with Gasteiger partial charge in [-0.3, -0.25) is 4.79 Å². The number of furan rings is 1. The number of anilines is 1. The number of nitrogens with one attached hydrogen (secondary N) is 2. The molecule has 0 saturated heterocycles. The summed E-state index contributed by atoms with van der Waals surface area (Å²) in [4.78, 5) is 12.0. The Labute approximate surface area is 138 Å². The van der Waals surface area contributed by atoms with E-state index in [1.807, 2.05) is 13.0 Å². The number of carbonyl (C=O) groups excluding carboxylic acids is 1. The van der Waals surface area contributed by atoms with Gasteiger partial charge in [0.2, 0.25) is 5.91 Å². The lowest BCUT2D eigenvalue weighted by molar-refractivity contribution is -0.120. The second-order valence-electron chi connectivity index (χ2n) is 5.13. The summed E-state index contributed by atoms with van der Waals surface area (Å²) in [6, 6.07) is 6.82. The van der Waals surface area contributed by atoms with Crippen molar-refractivity contribution in [2.45, 2.75) is 13.0 Å². The van der Waals surface area contributed by atoms with Crippen molar-refractivity contribution < 1.29 is 18.7 Å². The third-order valence-corrected chi connectivity index (χ3v) is 3.73. The minimum atomic E-state index is -0.199. The quantitative estimate of drug-likeness (QED) is 0.878. The van der Waals surface area contributed by atoms with Gasteiger partial charge in [0, 0.05) is 12.1 Å². The van der Waals surface area contributed by atoms with Crippen LogP contribution < -0.4 is 20.1 Å². The van der Waals surface area contributed by atoms with Crippen molar-refractivity contribution in [3.8, 4) is 11.5 Å². The van der Waals surface area contributed by atoms with E-state index in [9.17, 15) is 4.79 Å². The van der Waals surface area contributed by atoms with Gasteiger partial charge in [0.25, 0.3) is 0 Å². The van der Waals surface area contributed by atoms with Gasteiger partial charge >= 0.3 is 0 Å². The second-order valence-corrected chi connectivity index (χ2v) is 5.54. The number of halogens is 1. The molecule has 2 aromatic rings. The Morgan fingerprint density at radius 3 is 2.74 bits per heavy atom. The second kappa shape index (κ2) is 6.83. The van der Waals surface area contributed by atoms with Gasteiger partial charge in [-0.05, 0) is 19.1 Å². The van der Waals surface area contributed by atoms with Gasteiger partial charge in [-0.25, -0.2) is 0 Å². The van der Waals surface area contributed by atoms with E-state index in [4.69, 9.17) is 25.5 Å². The van der Waals surface area contributed by atoms with Gasteiger partial charge in [0.15, 0.2) is 11.5 Å². The van der Waals surface area contributed by atoms with Crippen molar-refractivity contribution in [3.63, 3.8) is 0 Å². The molecule has 1 unspecified atom stereocenters. The highest BCUT2D eigenvalue weighted by molar-refractivity contribution is 6.33. The first-order chi connectivity index (χ1) is 11.1. The number of fused-ring (bicyclic) bond motifs is 1. The monoisotopic (exact) mass is 336 g/mol. The molecule has 7 heteroatoms. The summed E-state index contributed by atoms with van der Waals surface area (Å²) in [7, 11) is 0. The van der Waals surface area contributed by atoms with Crippen LogP contribution in [0.5, 0.6) is 11.5 Å². The summed E-state index contributed by atoms with van der Waals surface area (Å²) in [5, 5.41) is 6.32. The lowest BCUT2D eigenvalue weighted by atomic mass is 10.2. The zero-order chi connectivity index (χ0) is 16.2. The highest BCUT2D eigenvalue weighted by Crippen LogP contribution is 2.37. The molecule has 0 fully saturated rings. The molecule has 1 aliphatic heterocycles. The van der Waals surface area contributed by atoms with E-state index in [2.05, 4.69) is 10.6 Å². The van der Waals surface area contributed by atoms with Crippen LogP contribution in [0.25, 0.3) is 0 Å². The molecule has 1 amide bonds. The van der Waals surface area contributed by atoms with Crippen molar-refractivity contribution in [2.75, 3.05) is 25.1 Å². The number of carbonyl (C=O) groups is 1. The Kier molecular flexibility index (Phi) is 4.62. The molecular formula is C16H17ClN2O4. The van der Waals surface area contributed by atoms with E-state index in [1.54, 1.807) is 24.5 Å². The average Bonchev–Trinajstić information content (AvgIpc) is 3.07. The summed E-state index contributed by atoms with van der Waals surface area (Å²) < 4.78 is 16.2. The number of benzene rings is 1. The highest BCUT2D eigenvalue weighted by atomic mass is 35.5. The van der Waals surface area contributed by atoms with Crippen molar-refractivity contribution >= 4 is 23.2 Å². The van der Waals surface area contributed by atoms with E-state index < -0.39 is 0 Å². The smallest absolute Gasteiger partial charge is 0.239 e. The van der Waals surface area contributed by atoms with Gasteiger partial charge < -0.3 is 24.5 Å². The van der Waals surface area contributed by atoms with Gasteiger partial charge in [-0.1, -0.05) is 11.6 Å². The van der Waals surface area contributed by atoms with Crippen LogP contribution in [-0.4, -0.2) is 25.7 Å². The standard InChI is InChI=1S/C16H17ClN2O4/c1-10(13-3-2-4-21-13)19-16(20)9-18-12-8-15-14(7-11(12)17)22-5-6-23-15/h2-4,7-8,10,18H,5-6,9H2,1H3,(H,19,20). The Bertz CT molecular complexity index is 688. The predicted molar refractivity (Wildman–Crippen MR) is 86.2 cm³/mol. The van der Waals surface area contributed by atoms with Gasteiger partial charge in [0.05, 0.1) is 29.6 Å². The fraction of sp³-hybridized carbons (Fsp3) is 0.312. The molecule has 23 heavy (non-hydrogen) atoms. The Morgan fingerprint density at radius 1 is 1.30 bits per heavy atom. The summed E-state index contributed by atoms with van der Waals surface area (Å²) in [5.41, 5.74) is 0.622. The van der Waals surface area contributed by atoms with Crippen molar-refractivity contribution in [1.82, 2.24) is 5.32 Å². The van der Waals surface area contributed by atoms with Crippen molar-refractivity contribution in [3.05, 3.63) is 41.3 Å². The maximum absolute atomic E-state index is 12.0. The lowest BCUT2D eigenvalue weighted by Crippen LogP contribution is -2.32. The van der Waals surface area contributed by atoms with E-state index in [0.29, 0.717) is 41.2 Å².